The second-order valence-corrected chi connectivity index (χ2v) is 11.1. The van der Waals surface area contributed by atoms with Gasteiger partial charge in [-0.1, -0.05) is 34.9 Å². The number of rotatable bonds is 8. The van der Waals surface area contributed by atoms with Gasteiger partial charge in [0, 0.05) is 54.3 Å². The summed E-state index contributed by atoms with van der Waals surface area (Å²) in [6.07, 6.45) is 7.23. The van der Waals surface area contributed by atoms with Crippen LogP contribution in [0.1, 0.15) is 44.4 Å². The quantitative estimate of drug-likeness (QED) is 0.236. The van der Waals surface area contributed by atoms with Crippen LogP contribution in [-0.4, -0.2) is 45.9 Å². The second kappa shape index (κ2) is 11.0. The molecule has 3 N–H and O–H groups in total. The lowest BCUT2D eigenvalue weighted by Gasteiger charge is -2.48. The molecule has 1 aliphatic rings. The number of nitrogens with zero attached hydrogens (tertiary/aromatic N) is 5. The summed E-state index contributed by atoms with van der Waals surface area (Å²) < 4.78 is 11.9. The first kappa shape index (κ1) is 27.7. The fourth-order valence-electron chi connectivity index (χ4n) is 4.88. The summed E-state index contributed by atoms with van der Waals surface area (Å²) in [5.41, 5.74) is 10.6. The van der Waals surface area contributed by atoms with Gasteiger partial charge in [-0.05, 0) is 39.3 Å². The number of benzene rings is 1. The number of anilines is 1. The number of pyridine rings is 2. The van der Waals surface area contributed by atoms with E-state index >= 15 is 0 Å². The molecule has 0 radical (unpaired) electrons. The maximum absolute atomic E-state index is 9.94. The Labute approximate surface area is 242 Å². The second-order valence-electron chi connectivity index (χ2n) is 10.3. The van der Waals surface area contributed by atoms with Gasteiger partial charge in [-0.15, -0.1) is 0 Å². The fraction of sp³-hybridized carbons (Fsp3) is 0.310. The zero-order valence-electron chi connectivity index (χ0n) is 22.6. The number of allylic oxidation sites excluding steroid dienone is 1. The van der Waals surface area contributed by atoms with Gasteiger partial charge in [0.05, 0.1) is 33.8 Å². The molecule has 1 atom stereocenters. The van der Waals surface area contributed by atoms with Gasteiger partial charge in [0.1, 0.15) is 23.7 Å². The molecule has 0 spiro atoms. The monoisotopic (exact) mass is 577 g/mol. The molecule has 1 aromatic carbocycles. The number of H-pyrrole nitrogens is 1. The maximum atomic E-state index is 9.94. The van der Waals surface area contributed by atoms with Crippen LogP contribution in [-0.2, 0) is 0 Å². The van der Waals surface area contributed by atoms with E-state index in [0.717, 1.165) is 17.3 Å². The standard InChI is InChI=1S/C29H29Cl2N7O2/c1-16(2)5-6-29(33)14-38(15-29)28-18(10-32)7-19(11-35-28)27-20-8-25(24(39-4)9-23(20)36-37-27)40-17(3)26-21(30)12-34-13-22(26)31/h5,7-9,11-13,17H,6,14-15,33H2,1-4H3,(H,36,37)/t17-/m1/s1. The zero-order chi connectivity index (χ0) is 28.6. The SMILES string of the molecule is COc1cc2[nH]nc(-c3cnc(N4CC(N)(CC=C(C)C)C4)c(C#N)c3)c2cc1O[C@H](C)c1c(Cl)cncc1Cl. The molecule has 4 heterocycles. The number of hydrogen-bond donors (Lipinski definition) is 2. The summed E-state index contributed by atoms with van der Waals surface area (Å²) in [6, 6.07) is 7.74. The predicted octanol–water partition coefficient (Wildman–Crippen LogP) is 6.22. The van der Waals surface area contributed by atoms with Crippen LogP contribution in [0.5, 0.6) is 11.5 Å². The van der Waals surface area contributed by atoms with Crippen LogP contribution in [0.25, 0.3) is 22.2 Å². The van der Waals surface area contributed by atoms with Gasteiger partial charge in [0.25, 0.3) is 0 Å². The number of methoxy groups -OCH3 is 1. The number of hydrogen-bond acceptors (Lipinski definition) is 8. The number of nitrogens with two attached hydrogens (primary N) is 1. The first-order valence-electron chi connectivity index (χ1n) is 12.7. The molecule has 3 aromatic heterocycles. The summed E-state index contributed by atoms with van der Waals surface area (Å²) in [5, 5.41) is 19.1. The minimum absolute atomic E-state index is 0.319. The molecule has 9 nitrogen and oxygen atoms in total. The van der Waals surface area contributed by atoms with Crippen molar-refractivity contribution in [3.05, 3.63) is 69.6 Å². The molecule has 0 aliphatic carbocycles. The van der Waals surface area contributed by atoms with Gasteiger partial charge in [-0.25, -0.2) is 4.98 Å². The lowest BCUT2D eigenvalue weighted by atomic mass is 9.86. The minimum atomic E-state index is -0.487. The number of ether oxygens (including phenoxy) is 2. The van der Waals surface area contributed by atoms with E-state index in [4.69, 9.17) is 38.4 Å². The number of aromatic nitrogens is 4. The van der Waals surface area contributed by atoms with Crippen molar-refractivity contribution >= 4 is 39.9 Å². The van der Waals surface area contributed by atoms with E-state index in [1.807, 2.05) is 24.0 Å². The molecule has 0 saturated carbocycles. The smallest absolute Gasteiger partial charge is 0.162 e. The number of nitriles is 1. The maximum Gasteiger partial charge on any atom is 0.162 e. The van der Waals surface area contributed by atoms with Gasteiger partial charge < -0.3 is 20.1 Å². The Balaban J connectivity index is 1.45. The summed E-state index contributed by atoms with van der Waals surface area (Å²) in [7, 11) is 1.57. The lowest BCUT2D eigenvalue weighted by molar-refractivity contribution is 0.216. The van der Waals surface area contributed by atoms with E-state index in [1.54, 1.807) is 19.4 Å². The van der Waals surface area contributed by atoms with Crippen molar-refractivity contribution in [1.29, 1.82) is 5.26 Å². The molecular formula is C29H29Cl2N7O2. The van der Waals surface area contributed by atoms with Crippen molar-refractivity contribution in [1.82, 2.24) is 20.2 Å². The zero-order valence-corrected chi connectivity index (χ0v) is 24.1. The van der Waals surface area contributed by atoms with Gasteiger partial charge in [0.15, 0.2) is 11.5 Å². The van der Waals surface area contributed by atoms with Crippen molar-refractivity contribution in [3.8, 4) is 28.8 Å². The number of aromatic amines is 1. The van der Waals surface area contributed by atoms with E-state index in [-0.39, 0.29) is 5.54 Å². The molecule has 0 amide bonds. The number of nitrogens with one attached hydrogen (secondary N) is 1. The lowest BCUT2D eigenvalue weighted by Crippen LogP contribution is -2.67. The fourth-order valence-corrected chi connectivity index (χ4v) is 5.55. The van der Waals surface area contributed by atoms with Crippen LogP contribution in [0.15, 0.2) is 48.4 Å². The molecular weight excluding hydrogens is 549 g/mol. The first-order valence-corrected chi connectivity index (χ1v) is 13.5. The Morgan fingerprint density at radius 3 is 2.58 bits per heavy atom. The summed E-state index contributed by atoms with van der Waals surface area (Å²) in [6.45, 7) is 7.23. The molecule has 0 bridgehead atoms. The number of halogens is 2. The molecule has 1 fully saturated rings. The molecule has 5 rings (SSSR count). The van der Waals surface area contributed by atoms with Crippen molar-refractivity contribution in [2.75, 3.05) is 25.1 Å². The van der Waals surface area contributed by atoms with E-state index in [9.17, 15) is 5.26 Å². The molecule has 40 heavy (non-hydrogen) atoms. The third-order valence-electron chi connectivity index (χ3n) is 6.94. The normalized spacial score (nSPS) is 14.8. The van der Waals surface area contributed by atoms with Gasteiger partial charge in [0.2, 0.25) is 0 Å². The Morgan fingerprint density at radius 1 is 1.20 bits per heavy atom. The highest BCUT2D eigenvalue weighted by Gasteiger charge is 2.40. The van der Waals surface area contributed by atoms with Crippen LogP contribution in [0.2, 0.25) is 10.0 Å². The van der Waals surface area contributed by atoms with Crippen molar-refractivity contribution in [2.45, 2.75) is 38.8 Å². The Morgan fingerprint density at radius 2 is 1.93 bits per heavy atom. The minimum Gasteiger partial charge on any atom is -0.493 e. The molecule has 1 aliphatic heterocycles. The van der Waals surface area contributed by atoms with Crippen LogP contribution in [0.3, 0.4) is 0 Å². The average molecular weight is 579 g/mol. The molecule has 206 valence electrons. The average Bonchev–Trinajstić information content (AvgIpc) is 3.32. The largest absolute Gasteiger partial charge is 0.493 e. The highest BCUT2D eigenvalue weighted by molar-refractivity contribution is 6.35. The molecule has 1 saturated heterocycles. The van der Waals surface area contributed by atoms with Gasteiger partial charge in [-0.2, -0.15) is 10.4 Å². The van der Waals surface area contributed by atoms with E-state index in [0.29, 0.717) is 62.8 Å². The summed E-state index contributed by atoms with van der Waals surface area (Å²) in [5.74, 6) is 1.61. The van der Waals surface area contributed by atoms with Crippen LogP contribution < -0.4 is 20.1 Å². The topological polar surface area (TPSA) is 126 Å². The highest BCUT2D eigenvalue weighted by Crippen LogP contribution is 2.40. The van der Waals surface area contributed by atoms with Crippen LogP contribution in [0, 0.1) is 11.3 Å². The Bertz CT molecular complexity index is 1630. The third kappa shape index (κ3) is 5.30. The molecule has 4 aromatic rings. The van der Waals surface area contributed by atoms with Crippen molar-refractivity contribution < 1.29 is 9.47 Å². The molecule has 11 heteroatoms. The van der Waals surface area contributed by atoms with Crippen LogP contribution in [0.4, 0.5) is 5.82 Å². The Kier molecular flexibility index (Phi) is 7.60. The number of fused-ring (bicyclic) bond motifs is 1. The van der Waals surface area contributed by atoms with Crippen molar-refractivity contribution in [2.24, 2.45) is 5.73 Å². The summed E-state index contributed by atoms with van der Waals surface area (Å²) in [4.78, 5) is 10.7. The highest BCUT2D eigenvalue weighted by atomic mass is 35.5. The van der Waals surface area contributed by atoms with Crippen molar-refractivity contribution in [3.63, 3.8) is 0 Å². The van der Waals surface area contributed by atoms with E-state index < -0.39 is 6.10 Å². The summed E-state index contributed by atoms with van der Waals surface area (Å²) >= 11 is 12.7. The Hall–Kier alpha value is -3.84. The predicted molar refractivity (Wildman–Crippen MR) is 157 cm³/mol. The van der Waals surface area contributed by atoms with Gasteiger partial charge in [-0.3, -0.25) is 10.1 Å². The van der Waals surface area contributed by atoms with Gasteiger partial charge >= 0.3 is 0 Å². The third-order valence-corrected chi connectivity index (χ3v) is 7.54. The molecule has 0 unspecified atom stereocenters. The van der Waals surface area contributed by atoms with E-state index in [1.165, 1.54) is 18.0 Å². The van der Waals surface area contributed by atoms with Crippen LogP contribution >= 0.6 is 23.2 Å². The van der Waals surface area contributed by atoms with E-state index in [2.05, 4.69) is 46.2 Å². The first-order chi connectivity index (χ1) is 19.1.